The summed E-state index contributed by atoms with van der Waals surface area (Å²) >= 11 is 1.21. The minimum atomic E-state index is -0.458. The molecule has 0 unspecified atom stereocenters. The summed E-state index contributed by atoms with van der Waals surface area (Å²) in [5.74, 6) is 0.227. The molecule has 19 heavy (non-hydrogen) atoms. The molecule has 1 N–H and O–H groups in total. The molecule has 0 saturated heterocycles. The van der Waals surface area contributed by atoms with Crippen LogP contribution in [0.4, 0.5) is 10.7 Å². The molecule has 7 nitrogen and oxygen atoms in total. The Labute approximate surface area is 113 Å². The van der Waals surface area contributed by atoms with E-state index in [1.165, 1.54) is 17.6 Å². The van der Waals surface area contributed by atoms with Gasteiger partial charge in [-0.1, -0.05) is 10.6 Å². The van der Waals surface area contributed by atoms with Gasteiger partial charge in [-0.2, -0.15) is 0 Å². The highest BCUT2D eigenvalue weighted by Crippen LogP contribution is 2.29. The number of rotatable bonds is 5. The molecule has 0 spiro atoms. The van der Waals surface area contributed by atoms with Crippen LogP contribution in [0.1, 0.15) is 11.3 Å². The second kappa shape index (κ2) is 5.61. The highest BCUT2D eigenvalue weighted by Gasteiger charge is 2.16. The van der Waals surface area contributed by atoms with Gasteiger partial charge in [0, 0.05) is 24.6 Å². The molecule has 1 aromatic heterocycles. The first-order valence-electron chi connectivity index (χ1n) is 5.48. The Morgan fingerprint density at radius 1 is 1.53 bits per heavy atom. The number of nitro groups is 1. The van der Waals surface area contributed by atoms with Crippen LogP contribution in [0.5, 0.6) is 5.75 Å². The average Bonchev–Trinajstić information content (AvgIpc) is 2.84. The largest absolute Gasteiger partial charge is 0.480 e. The predicted octanol–water partition coefficient (Wildman–Crippen LogP) is 2.38. The fourth-order valence-corrected chi connectivity index (χ4v) is 2.05. The molecule has 100 valence electrons. The highest BCUT2D eigenvalue weighted by atomic mass is 32.1. The van der Waals surface area contributed by atoms with Gasteiger partial charge in [0.2, 0.25) is 0 Å². The molecule has 0 atom stereocenters. The van der Waals surface area contributed by atoms with E-state index in [0.29, 0.717) is 5.69 Å². The summed E-state index contributed by atoms with van der Waals surface area (Å²) < 4.78 is 9.26. The molecule has 0 aliphatic rings. The van der Waals surface area contributed by atoms with Crippen molar-refractivity contribution < 1.29 is 9.66 Å². The Kier molecular flexibility index (Phi) is 3.91. The second-order valence-corrected chi connectivity index (χ2v) is 4.57. The van der Waals surface area contributed by atoms with Crippen LogP contribution in [0, 0.1) is 17.0 Å². The van der Waals surface area contributed by atoms with Crippen molar-refractivity contribution in [3.05, 3.63) is 39.6 Å². The van der Waals surface area contributed by atoms with Crippen LogP contribution in [0.3, 0.4) is 0 Å². The maximum atomic E-state index is 10.9. The summed E-state index contributed by atoms with van der Waals surface area (Å²) in [5.41, 5.74) is 1.39. The summed E-state index contributed by atoms with van der Waals surface area (Å²) in [6, 6.07) is 4.83. The average molecular weight is 280 g/mol. The zero-order valence-electron chi connectivity index (χ0n) is 10.4. The predicted molar refractivity (Wildman–Crippen MR) is 71.6 cm³/mol. The van der Waals surface area contributed by atoms with Crippen molar-refractivity contribution in [1.29, 1.82) is 0 Å². The van der Waals surface area contributed by atoms with E-state index in [-0.39, 0.29) is 18.0 Å². The number of ether oxygens (including phenoxy) is 1. The summed E-state index contributed by atoms with van der Waals surface area (Å²) in [6.07, 6.45) is 0. The molecule has 1 heterocycles. The van der Waals surface area contributed by atoms with Gasteiger partial charge in [0.25, 0.3) is 0 Å². The molecule has 0 radical (unpaired) electrons. The Morgan fingerprint density at radius 2 is 2.32 bits per heavy atom. The number of benzene rings is 1. The first kappa shape index (κ1) is 13.2. The minimum Gasteiger partial charge on any atom is -0.480 e. The van der Waals surface area contributed by atoms with Crippen LogP contribution in [-0.4, -0.2) is 21.6 Å². The van der Waals surface area contributed by atoms with E-state index in [1.807, 2.05) is 0 Å². The third-order valence-corrected chi connectivity index (χ3v) is 3.24. The maximum Gasteiger partial charge on any atom is 0.311 e. The molecule has 0 amide bonds. The Hall–Kier alpha value is -2.22. The van der Waals surface area contributed by atoms with E-state index in [0.717, 1.165) is 10.6 Å². The van der Waals surface area contributed by atoms with E-state index >= 15 is 0 Å². The maximum absolute atomic E-state index is 10.9. The van der Waals surface area contributed by atoms with Crippen molar-refractivity contribution >= 4 is 22.2 Å². The van der Waals surface area contributed by atoms with Gasteiger partial charge >= 0.3 is 5.69 Å². The standard InChI is InChI=1S/C11H12N4O3S/c1-7-3-4-10(9(5-7)15(16)17)18-6-8-11(12-2)19-14-13-8/h3-5,12H,6H2,1-2H3. The molecular formula is C11H12N4O3S. The first-order valence-corrected chi connectivity index (χ1v) is 6.26. The van der Waals surface area contributed by atoms with Gasteiger partial charge < -0.3 is 10.1 Å². The van der Waals surface area contributed by atoms with E-state index in [4.69, 9.17) is 4.74 Å². The Morgan fingerprint density at radius 3 is 3.00 bits per heavy atom. The van der Waals surface area contributed by atoms with E-state index in [9.17, 15) is 10.1 Å². The van der Waals surface area contributed by atoms with Crippen LogP contribution >= 0.6 is 11.5 Å². The topological polar surface area (TPSA) is 90.2 Å². The zero-order chi connectivity index (χ0) is 13.8. The number of hydrogen-bond donors (Lipinski definition) is 1. The van der Waals surface area contributed by atoms with Crippen molar-refractivity contribution in [3.8, 4) is 5.75 Å². The van der Waals surface area contributed by atoms with Gasteiger partial charge in [0.05, 0.1) is 4.92 Å². The molecule has 0 aliphatic heterocycles. The quantitative estimate of drug-likeness (QED) is 0.668. The molecule has 2 rings (SSSR count). The van der Waals surface area contributed by atoms with Crippen LogP contribution < -0.4 is 10.1 Å². The Bertz CT molecular complexity index is 599. The van der Waals surface area contributed by atoms with Gasteiger partial charge in [0.1, 0.15) is 17.3 Å². The normalized spacial score (nSPS) is 10.2. The van der Waals surface area contributed by atoms with Crippen molar-refractivity contribution in [2.45, 2.75) is 13.5 Å². The number of nitrogens with one attached hydrogen (secondary N) is 1. The zero-order valence-corrected chi connectivity index (χ0v) is 11.2. The van der Waals surface area contributed by atoms with E-state index in [1.54, 1.807) is 26.1 Å². The number of nitrogens with zero attached hydrogens (tertiary/aromatic N) is 3. The monoisotopic (exact) mass is 280 g/mol. The number of aryl methyl sites for hydroxylation is 1. The molecule has 0 bridgehead atoms. The van der Waals surface area contributed by atoms with E-state index in [2.05, 4.69) is 14.9 Å². The SMILES string of the molecule is CNc1snnc1COc1ccc(C)cc1[N+](=O)[O-]. The van der Waals surface area contributed by atoms with Gasteiger partial charge in [-0.05, 0) is 18.6 Å². The lowest BCUT2D eigenvalue weighted by Gasteiger charge is -2.06. The minimum absolute atomic E-state index is 0.0470. The van der Waals surface area contributed by atoms with Gasteiger partial charge in [0.15, 0.2) is 5.75 Å². The smallest absolute Gasteiger partial charge is 0.311 e. The van der Waals surface area contributed by atoms with Gasteiger partial charge in [-0.3, -0.25) is 10.1 Å². The number of nitro benzene ring substituents is 1. The lowest BCUT2D eigenvalue weighted by molar-refractivity contribution is -0.386. The van der Waals surface area contributed by atoms with E-state index < -0.39 is 4.92 Å². The number of hydrogen-bond acceptors (Lipinski definition) is 7. The first-order chi connectivity index (χ1) is 9.11. The summed E-state index contributed by atoms with van der Waals surface area (Å²) in [6.45, 7) is 1.93. The molecule has 1 aromatic carbocycles. The fraction of sp³-hybridized carbons (Fsp3) is 0.273. The van der Waals surface area contributed by atoms with Crippen LogP contribution in [0.15, 0.2) is 18.2 Å². The summed E-state index contributed by atoms with van der Waals surface area (Å²) in [5, 5.41) is 18.6. The highest BCUT2D eigenvalue weighted by molar-refractivity contribution is 7.10. The van der Waals surface area contributed by atoms with Crippen LogP contribution in [0.2, 0.25) is 0 Å². The second-order valence-electron chi connectivity index (χ2n) is 3.82. The summed E-state index contributed by atoms with van der Waals surface area (Å²) in [4.78, 5) is 10.5. The lowest BCUT2D eigenvalue weighted by Crippen LogP contribution is -2.02. The molecule has 2 aromatic rings. The molecule has 0 aliphatic carbocycles. The third kappa shape index (κ3) is 2.97. The van der Waals surface area contributed by atoms with Crippen molar-refractivity contribution in [2.24, 2.45) is 0 Å². The van der Waals surface area contributed by atoms with Crippen molar-refractivity contribution in [1.82, 2.24) is 9.59 Å². The van der Waals surface area contributed by atoms with Crippen LogP contribution in [0.25, 0.3) is 0 Å². The molecular weight excluding hydrogens is 268 g/mol. The van der Waals surface area contributed by atoms with Crippen LogP contribution in [-0.2, 0) is 6.61 Å². The van der Waals surface area contributed by atoms with Gasteiger partial charge in [-0.25, -0.2) is 0 Å². The summed E-state index contributed by atoms with van der Waals surface area (Å²) in [7, 11) is 1.76. The van der Waals surface area contributed by atoms with Gasteiger partial charge in [-0.15, -0.1) is 5.10 Å². The molecule has 0 saturated carbocycles. The third-order valence-electron chi connectivity index (χ3n) is 2.46. The van der Waals surface area contributed by atoms with Crippen molar-refractivity contribution in [2.75, 3.05) is 12.4 Å². The molecule has 0 fully saturated rings. The lowest BCUT2D eigenvalue weighted by atomic mass is 10.2. The molecule has 8 heteroatoms. The number of anilines is 1. The van der Waals surface area contributed by atoms with Crippen molar-refractivity contribution in [3.63, 3.8) is 0 Å². The fourth-order valence-electron chi connectivity index (χ4n) is 1.53. The Balaban J connectivity index is 2.18. The number of aromatic nitrogens is 2.